The average Bonchev–Trinajstić information content (AvgIpc) is 3.15. The van der Waals surface area contributed by atoms with E-state index in [1.165, 1.54) is 4.90 Å². The highest BCUT2D eigenvalue weighted by Gasteiger charge is 2.34. The highest BCUT2D eigenvalue weighted by Crippen LogP contribution is 2.34. The Hall–Kier alpha value is -1.69. The van der Waals surface area contributed by atoms with Crippen LogP contribution in [0, 0.1) is 0 Å². The Bertz CT molecular complexity index is 860. The molecule has 4 nitrogen and oxygen atoms in total. The van der Waals surface area contributed by atoms with E-state index in [9.17, 15) is 9.59 Å². The highest BCUT2D eigenvalue weighted by atomic mass is 35.5. The number of thioether (sulfide) groups is 1. The van der Waals surface area contributed by atoms with Gasteiger partial charge >= 0.3 is 0 Å². The van der Waals surface area contributed by atoms with Gasteiger partial charge in [-0.2, -0.15) is 0 Å². The van der Waals surface area contributed by atoms with Crippen molar-refractivity contribution in [2.75, 3.05) is 6.54 Å². The van der Waals surface area contributed by atoms with Crippen LogP contribution in [0.25, 0.3) is 17.4 Å². The molecule has 0 radical (unpaired) electrons. The van der Waals surface area contributed by atoms with Crippen LogP contribution in [0.3, 0.4) is 0 Å². The Morgan fingerprint density at radius 2 is 1.96 bits per heavy atom. The lowest BCUT2D eigenvalue weighted by Gasteiger charge is -2.10. The summed E-state index contributed by atoms with van der Waals surface area (Å²) in [5.41, 5.74) is 0.783. The summed E-state index contributed by atoms with van der Waals surface area (Å²) in [5.74, 6) is 0.841. The molecule has 2 aromatic rings. The van der Waals surface area contributed by atoms with Crippen molar-refractivity contribution in [1.82, 2.24) is 4.90 Å². The Morgan fingerprint density at radius 1 is 1.16 bits per heavy atom. The van der Waals surface area contributed by atoms with Crippen LogP contribution in [0.5, 0.6) is 0 Å². The predicted molar refractivity (Wildman–Crippen MR) is 102 cm³/mol. The molecule has 3 rings (SSSR count). The lowest BCUT2D eigenvalue weighted by molar-refractivity contribution is -0.122. The summed E-state index contributed by atoms with van der Waals surface area (Å²) in [5, 5.41) is 0.674. The number of amides is 2. The third-order valence-corrected chi connectivity index (χ3v) is 5.36. The zero-order valence-electron chi connectivity index (χ0n) is 13.4. The van der Waals surface area contributed by atoms with Crippen LogP contribution in [0.4, 0.5) is 4.79 Å². The molecule has 0 atom stereocenters. The molecule has 130 valence electrons. The Labute approximate surface area is 159 Å². The van der Waals surface area contributed by atoms with Gasteiger partial charge in [-0.05, 0) is 48.5 Å². The minimum Gasteiger partial charge on any atom is -0.457 e. The van der Waals surface area contributed by atoms with Crippen molar-refractivity contribution < 1.29 is 14.0 Å². The summed E-state index contributed by atoms with van der Waals surface area (Å²) in [6, 6.07) is 8.74. The van der Waals surface area contributed by atoms with E-state index in [0.717, 1.165) is 30.2 Å². The third-order valence-electron chi connectivity index (χ3n) is 3.71. The van der Waals surface area contributed by atoms with Crippen molar-refractivity contribution in [3.63, 3.8) is 0 Å². The van der Waals surface area contributed by atoms with E-state index in [2.05, 4.69) is 0 Å². The molecule has 7 heteroatoms. The van der Waals surface area contributed by atoms with Crippen LogP contribution < -0.4 is 0 Å². The monoisotopic (exact) mass is 395 g/mol. The molecule has 1 saturated heterocycles. The number of imide groups is 1. The Kier molecular flexibility index (Phi) is 5.57. The van der Waals surface area contributed by atoms with E-state index in [0.29, 0.717) is 33.0 Å². The van der Waals surface area contributed by atoms with Gasteiger partial charge in [0.25, 0.3) is 11.1 Å². The summed E-state index contributed by atoms with van der Waals surface area (Å²) in [6.07, 6.45) is 3.32. The number of hydrogen-bond donors (Lipinski definition) is 0. The molecule has 0 spiro atoms. The van der Waals surface area contributed by atoms with Gasteiger partial charge < -0.3 is 4.42 Å². The van der Waals surface area contributed by atoms with Gasteiger partial charge in [-0.15, -0.1) is 0 Å². The van der Waals surface area contributed by atoms with E-state index < -0.39 is 0 Å². The summed E-state index contributed by atoms with van der Waals surface area (Å²) < 4.78 is 5.75. The van der Waals surface area contributed by atoms with Crippen molar-refractivity contribution in [2.24, 2.45) is 0 Å². The average molecular weight is 396 g/mol. The molecule has 1 aliphatic heterocycles. The van der Waals surface area contributed by atoms with Gasteiger partial charge in [0.2, 0.25) is 0 Å². The summed E-state index contributed by atoms with van der Waals surface area (Å²) in [7, 11) is 0. The largest absolute Gasteiger partial charge is 0.457 e. The lowest BCUT2D eigenvalue weighted by atomic mass is 10.2. The van der Waals surface area contributed by atoms with Crippen LogP contribution in [-0.2, 0) is 4.79 Å². The van der Waals surface area contributed by atoms with Gasteiger partial charge in [-0.25, -0.2) is 0 Å². The number of carbonyl (C=O) groups is 2. The molecule has 1 aromatic heterocycles. The molecule has 0 aliphatic carbocycles. The first-order valence-electron chi connectivity index (χ1n) is 7.80. The van der Waals surface area contributed by atoms with Crippen molar-refractivity contribution >= 4 is 52.2 Å². The zero-order chi connectivity index (χ0) is 18.0. The maximum Gasteiger partial charge on any atom is 0.293 e. The normalized spacial score (nSPS) is 16.3. The van der Waals surface area contributed by atoms with Crippen molar-refractivity contribution in [1.29, 1.82) is 0 Å². The molecule has 25 heavy (non-hydrogen) atoms. The number of carbonyl (C=O) groups excluding carboxylic acids is 2. The molecule has 0 bridgehead atoms. The predicted octanol–water partition coefficient (Wildman–Crippen LogP) is 6.09. The zero-order valence-corrected chi connectivity index (χ0v) is 15.7. The fourth-order valence-corrected chi connectivity index (χ4v) is 3.52. The molecule has 0 unspecified atom stereocenters. The molecule has 0 saturated carbocycles. The number of hydrogen-bond acceptors (Lipinski definition) is 4. The smallest absolute Gasteiger partial charge is 0.293 e. The van der Waals surface area contributed by atoms with E-state index in [1.807, 2.05) is 6.92 Å². The van der Waals surface area contributed by atoms with Crippen LogP contribution in [-0.4, -0.2) is 22.6 Å². The first-order chi connectivity index (χ1) is 12.0. The first-order valence-corrected chi connectivity index (χ1v) is 9.37. The molecule has 1 aromatic carbocycles. The summed E-state index contributed by atoms with van der Waals surface area (Å²) >= 11 is 12.9. The minimum absolute atomic E-state index is 0.235. The van der Waals surface area contributed by atoms with E-state index in [-0.39, 0.29) is 11.1 Å². The van der Waals surface area contributed by atoms with E-state index in [1.54, 1.807) is 36.4 Å². The molecular formula is C18H15Cl2NO3S. The maximum atomic E-state index is 12.3. The second-order valence-corrected chi connectivity index (χ2v) is 7.33. The van der Waals surface area contributed by atoms with Crippen LogP contribution in [0.2, 0.25) is 10.0 Å². The van der Waals surface area contributed by atoms with Gasteiger partial charge in [0.15, 0.2) is 0 Å². The fourth-order valence-electron chi connectivity index (χ4n) is 2.37. The number of halogens is 2. The lowest BCUT2D eigenvalue weighted by Crippen LogP contribution is -2.29. The molecule has 1 fully saturated rings. The standard InChI is InChI=1S/C18H15Cl2NO3S/c1-2-3-8-21-17(22)16(25-18(21)23)10-12-5-7-15(24-12)11-4-6-13(19)14(20)9-11/h4-7,9-10H,2-3,8H2,1H3/b16-10+. The third kappa shape index (κ3) is 3.94. The SMILES string of the molecule is CCCCN1C(=O)S/C(=C/c2ccc(-c3ccc(Cl)c(Cl)c3)o2)C1=O. The topological polar surface area (TPSA) is 50.5 Å². The van der Waals surface area contributed by atoms with Gasteiger partial charge in [-0.1, -0.05) is 36.5 Å². The number of rotatable bonds is 5. The van der Waals surface area contributed by atoms with E-state index in [4.69, 9.17) is 27.6 Å². The van der Waals surface area contributed by atoms with Gasteiger partial charge in [-0.3, -0.25) is 14.5 Å². The number of nitrogens with zero attached hydrogens (tertiary/aromatic N) is 1. The first kappa shape index (κ1) is 18.1. The second kappa shape index (κ2) is 7.68. The van der Waals surface area contributed by atoms with Crippen molar-refractivity contribution in [2.45, 2.75) is 19.8 Å². The second-order valence-electron chi connectivity index (χ2n) is 5.52. The van der Waals surface area contributed by atoms with Crippen molar-refractivity contribution in [3.05, 3.63) is 51.0 Å². The van der Waals surface area contributed by atoms with Crippen LogP contribution in [0.1, 0.15) is 25.5 Å². The van der Waals surface area contributed by atoms with Crippen molar-refractivity contribution in [3.8, 4) is 11.3 Å². The van der Waals surface area contributed by atoms with Gasteiger partial charge in [0, 0.05) is 18.2 Å². The summed E-state index contributed by atoms with van der Waals surface area (Å²) in [4.78, 5) is 25.9. The van der Waals surface area contributed by atoms with Crippen LogP contribution >= 0.6 is 35.0 Å². The molecule has 2 amide bonds. The number of furan rings is 1. The number of unbranched alkanes of at least 4 members (excludes halogenated alkanes) is 1. The minimum atomic E-state index is -0.268. The Balaban J connectivity index is 1.81. The maximum absolute atomic E-state index is 12.3. The molecule has 2 heterocycles. The van der Waals surface area contributed by atoms with Crippen LogP contribution in [0.15, 0.2) is 39.7 Å². The quantitative estimate of drug-likeness (QED) is 0.574. The fraction of sp³-hybridized carbons (Fsp3) is 0.222. The molecule has 0 N–H and O–H groups in total. The summed E-state index contributed by atoms with van der Waals surface area (Å²) in [6.45, 7) is 2.47. The van der Waals surface area contributed by atoms with Gasteiger partial charge in [0.1, 0.15) is 11.5 Å². The molecule has 1 aliphatic rings. The Morgan fingerprint density at radius 3 is 2.68 bits per heavy atom. The number of benzene rings is 1. The van der Waals surface area contributed by atoms with E-state index >= 15 is 0 Å². The highest BCUT2D eigenvalue weighted by molar-refractivity contribution is 8.18. The molecular weight excluding hydrogens is 381 g/mol. The van der Waals surface area contributed by atoms with Gasteiger partial charge in [0.05, 0.1) is 15.0 Å².